The van der Waals surface area contributed by atoms with Crippen molar-refractivity contribution in [2.24, 2.45) is 0 Å². The van der Waals surface area contributed by atoms with Gasteiger partial charge in [0.2, 0.25) is 5.95 Å². The van der Waals surface area contributed by atoms with E-state index in [1.807, 2.05) is 32.0 Å². The van der Waals surface area contributed by atoms with Crippen LogP contribution in [0.15, 0.2) is 48.5 Å². The fourth-order valence-corrected chi connectivity index (χ4v) is 3.59. The number of nitrogen functional groups attached to an aromatic ring is 2. The molecule has 1 unspecified atom stereocenters. The molecule has 2 heterocycles. The van der Waals surface area contributed by atoms with Gasteiger partial charge in [0.25, 0.3) is 5.91 Å². The van der Waals surface area contributed by atoms with E-state index in [0.717, 1.165) is 28.1 Å². The molecule has 0 radical (unpaired) electrons. The number of carbonyl (C=O) groups is 1. The summed E-state index contributed by atoms with van der Waals surface area (Å²) >= 11 is 0. The van der Waals surface area contributed by atoms with Gasteiger partial charge >= 0.3 is 0 Å². The number of nitrogens with two attached hydrogens (primary N) is 2. The third-order valence-corrected chi connectivity index (χ3v) is 4.93. The first-order valence-electron chi connectivity index (χ1n) is 8.84. The van der Waals surface area contributed by atoms with Gasteiger partial charge in [-0.1, -0.05) is 29.8 Å². The highest BCUT2D eigenvalue weighted by Gasteiger charge is 2.35. The molecule has 0 spiro atoms. The molecule has 27 heavy (non-hydrogen) atoms. The quantitative estimate of drug-likeness (QED) is 0.684. The summed E-state index contributed by atoms with van der Waals surface area (Å²) < 4.78 is 0. The number of carbonyl (C=O) groups excluding carboxylic acids is 1. The maximum atomic E-state index is 13.1. The Bertz CT molecular complexity index is 1050. The van der Waals surface area contributed by atoms with E-state index >= 15 is 0 Å². The molecule has 6 nitrogen and oxygen atoms in total. The molecule has 0 aliphatic carbocycles. The van der Waals surface area contributed by atoms with E-state index in [-0.39, 0.29) is 17.9 Å². The van der Waals surface area contributed by atoms with Gasteiger partial charge in [-0.15, -0.1) is 0 Å². The van der Waals surface area contributed by atoms with Gasteiger partial charge in [0.15, 0.2) is 0 Å². The third-order valence-electron chi connectivity index (χ3n) is 4.93. The molecular weight excluding hydrogens is 338 g/mol. The van der Waals surface area contributed by atoms with E-state index in [1.54, 1.807) is 29.2 Å². The molecule has 0 saturated heterocycles. The summed E-state index contributed by atoms with van der Waals surface area (Å²) in [5.41, 5.74) is 17.6. The summed E-state index contributed by atoms with van der Waals surface area (Å²) in [5.74, 6) is 0.136. The van der Waals surface area contributed by atoms with Crippen LogP contribution < -0.4 is 11.5 Å². The number of amides is 1. The molecule has 1 aliphatic rings. The molecular formula is C21H21N5O. The van der Waals surface area contributed by atoms with Crippen LogP contribution in [0, 0.1) is 6.92 Å². The van der Waals surface area contributed by atoms with Crippen molar-refractivity contribution >= 4 is 17.5 Å². The molecule has 4 rings (SSSR count). The minimum absolute atomic E-state index is 0.0819. The van der Waals surface area contributed by atoms with Crippen LogP contribution in [0.2, 0.25) is 0 Å². The lowest BCUT2D eigenvalue weighted by atomic mass is 10.0. The van der Waals surface area contributed by atoms with Crippen molar-refractivity contribution in [2.75, 3.05) is 11.5 Å². The van der Waals surface area contributed by atoms with Crippen LogP contribution >= 0.6 is 0 Å². The average Bonchev–Trinajstić information content (AvgIpc) is 2.97. The molecule has 1 aromatic heterocycles. The fourth-order valence-electron chi connectivity index (χ4n) is 3.59. The minimum atomic E-state index is -0.192. The molecule has 0 saturated carbocycles. The summed E-state index contributed by atoms with van der Waals surface area (Å²) in [6, 6.07) is 14.9. The van der Waals surface area contributed by atoms with Crippen LogP contribution in [-0.2, 0) is 6.54 Å². The fraction of sp³-hybridized carbons (Fsp3) is 0.190. The second-order valence-corrected chi connectivity index (χ2v) is 6.90. The Kier molecular flexibility index (Phi) is 4.03. The smallest absolute Gasteiger partial charge is 0.254 e. The Balaban J connectivity index is 1.77. The Hall–Kier alpha value is -3.41. The third kappa shape index (κ3) is 2.99. The van der Waals surface area contributed by atoms with E-state index in [9.17, 15) is 4.79 Å². The Morgan fingerprint density at radius 3 is 2.63 bits per heavy atom. The second kappa shape index (κ2) is 6.39. The minimum Gasteiger partial charge on any atom is -0.399 e. The van der Waals surface area contributed by atoms with E-state index in [4.69, 9.17) is 11.5 Å². The lowest BCUT2D eigenvalue weighted by Gasteiger charge is -2.21. The summed E-state index contributed by atoms with van der Waals surface area (Å²) in [6.07, 6.45) is 0. The van der Waals surface area contributed by atoms with E-state index in [0.29, 0.717) is 17.8 Å². The number of aryl methyl sites for hydroxylation is 1. The summed E-state index contributed by atoms with van der Waals surface area (Å²) in [5, 5.41) is 0. The van der Waals surface area contributed by atoms with Crippen molar-refractivity contribution in [1.29, 1.82) is 0 Å². The molecule has 3 aromatic rings. The lowest BCUT2D eigenvalue weighted by molar-refractivity contribution is 0.0703. The average molecular weight is 359 g/mol. The SMILES string of the molecule is Cc1cccc(-c2nc(N)nc3c2CN(C(=O)c2cccc(N)c2)C3C)c1. The number of nitrogens with zero attached hydrogens (tertiary/aromatic N) is 3. The van der Waals surface area contributed by atoms with Gasteiger partial charge in [0, 0.05) is 22.4 Å². The lowest BCUT2D eigenvalue weighted by Crippen LogP contribution is -2.28. The van der Waals surface area contributed by atoms with Gasteiger partial charge in [-0.3, -0.25) is 4.79 Å². The van der Waals surface area contributed by atoms with Crippen LogP contribution in [0.5, 0.6) is 0 Å². The highest BCUT2D eigenvalue weighted by atomic mass is 16.2. The van der Waals surface area contributed by atoms with Crippen molar-refractivity contribution in [2.45, 2.75) is 26.4 Å². The normalized spacial score (nSPS) is 15.6. The van der Waals surface area contributed by atoms with Crippen molar-refractivity contribution in [3.8, 4) is 11.3 Å². The van der Waals surface area contributed by atoms with E-state index in [1.165, 1.54) is 0 Å². The molecule has 4 N–H and O–H groups in total. The number of fused-ring (bicyclic) bond motifs is 1. The first-order valence-corrected chi connectivity index (χ1v) is 8.84. The standard InChI is InChI=1S/C21H21N5O/c1-12-5-3-6-14(9-12)19-17-11-26(13(2)18(17)24-21(23)25-19)20(27)15-7-4-8-16(22)10-15/h3-10,13H,11,22H2,1-2H3,(H2,23,24,25). The summed E-state index contributed by atoms with van der Waals surface area (Å²) in [6.45, 7) is 4.43. The maximum absolute atomic E-state index is 13.1. The van der Waals surface area contributed by atoms with E-state index < -0.39 is 0 Å². The number of hydrogen-bond donors (Lipinski definition) is 2. The van der Waals surface area contributed by atoms with E-state index in [2.05, 4.69) is 16.0 Å². The highest BCUT2D eigenvalue weighted by molar-refractivity contribution is 5.95. The molecule has 1 aliphatic heterocycles. The maximum Gasteiger partial charge on any atom is 0.254 e. The van der Waals surface area contributed by atoms with Crippen molar-refractivity contribution in [3.05, 3.63) is 70.9 Å². The topological polar surface area (TPSA) is 98.1 Å². The van der Waals surface area contributed by atoms with Crippen LogP contribution in [0.25, 0.3) is 11.3 Å². The molecule has 0 fully saturated rings. The molecule has 2 aromatic carbocycles. The molecule has 1 amide bonds. The van der Waals surface area contributed by atoms with Crippen molar-refractivity contribution < 1.29 is 4.79 Å². The van der Waals surface area contributed by atoms with Gasteiger partial charge in [-0.05, 0) is 38.1 Å². The largest absolute Gasteiger partial charge is 0.399 e. The molecule has 6 heteroatoms. The predicted octanol–water partition coefficient (Wildman–Crippen LogP) is 3.33. The zero-order valence-corrected chi connectivity index (χ0v) is 15.3. The zero-order valence-electron chi connectivity index (χ0n) is 15.3. The van der Waals surface area contributed by atoms with Crippen LogP contribution in [0.4, 0.5) is 11.6 Å². The first kappa shape index (κ1) is 17.0. The van der Waals surface area contributed by atoms with Crippen molar-refractivity contribution in [1.82, 2.24) is 14.9 Å². The van der Waals surface area contributed by atoms with Gasteiger partial charge in [0.05, 0.1) is 24.0 Å². The second-order valence-electron chi connectivity index (χ2n) is 6.90. The number of benzene rings is 2. The molecule has 136 valence electrons. The highest BCUT2D eigenvalue weighted by Crippen LogP contribution is 2.38. The monoisotopic (exact) mass is 359 g/mol. The van der Waals surface area contributed by atoms with Crippen LogP contribution in [0.3, 0.4) is 0 Å². The number of aromatic nitrogens is 2. The Morgan fingerprint density at radius 2 is 1.89 bits per heavy atom. The molecule has 0 bridgehead atoms. The predicted molar refractivity (Wildman–Crippen MR) is 106 cm³/mol. The van der Waals surface area contributed by atoms with Crippen LogP contribution in [0.1, 0.15) is 40.1 Å². The summed E-state index contributed by atoms with van der Waals surface area (Å²) in [4.78, 5) is 23.8. The zero-order chi connectivity index (χ0) is 19.1. The Morgan fingerprint density at radius 1 is 1.11 bits per heavy atom. The van der Waals surface area contributed by atoms with Crippen molar-refractivity contribution in [3.63, 3.8) is 0 Å². The first-order chi connectivity index (χ1) is 12.9. The number of hydrogen-bond acceptors (Lipinski definition) is 5. The van der Waals surface area contributed by atoms with Gasteiger partial charge < -0.3 is 16.4 Å². The number of rotatable bonds is 2. The van der Waals surface area contributed by atoms with Crippen LogP contribution in [-0.4, -0.2) is 20.8 Å². The number of anilines is 2. The van der Waals surface area contributed by atoms with Gasteiger partial charge in [-0.25, -0.2) is 9.97 Å². The molecule has 1 atom stereocenters. The Labute approximate surface area is 157 Å². The van der Waals surface area contributed by atoms with Gasteiger partial charge in [-0.2, -0.15) is 0 Å². The van der Waals surface area contributed by atoms with Gasteiger partial charge in [0.1, 0.15) is 0 Å². The summed E-state index contributed by atoms with van der Waals surface area (Å²) in [7, 11) is 0.